The van der Waals surface area contributed by atoms with Gasteiger partial charge in [-0.1, -0.05) is 25.5 Å². The minimum absolute atomic E-state index is 0.0899. The number of imidazole rings is 1. The lowest BCUT2D eigenvalue weighted by Gasteiger charge is -2.10. The number of hydrogen-bond donors (Lipinski definition) is 4. The second kappa shape index (κ2) is 6.76. The van der Waals surface area contributed by atoms with Gasteiger partial charge in [0.25, 0.3) is 5.91 Å². The average Bonchev–Trinajstić information content (AvgIpc) is 2.95. The Bertz CT molecular complexity index is 888. The predicted molar refractivity (Wildman–Crippen MR) is 91.4 cm³/mol. The first-order valence-electron chi connectivity index (χ1n) is 7.94. The van der Waals surface area contributed by atoms with E-state index in [4.69, 9.17) is 5.21 Å². The molecule has 0 bridgehead atoms. The maximum absolute atomic E-state index is 11.4. The molecule has 0 saturated heterocycles. The second-order valence-electron chi connectivity index (χ2n) is 5.64. The van der Waals surface area contributed by atoms with Crippen LogP contribution in [-0.4, -0.2) is 32.2 Å². The molecule has 1 amide bonds. The van der Waals surface area contributed by atoms with Crippen LogP contribution in [0.15, 0.2) is 30.3 Å². The summed E-state index contributed by atoms with van der Waals surface area (Å²) >= 11 is 0. The molecule has 0 radical (unpaired) electrons. The number of rotatable bonds is 6. The van der Waals surface area contributed by atoms with Gasteiger partial charge in [0.2, 0.25) is 0 Å². The third-order valence-corrected chi connectivity index (χ3v) is 3.97. The van der Waals surface area contributed by atoms with Gasteiger partial charge in [-0.3, -0.25) is 14.4 Å². The molecule has 7 nitrogen and oxygen atoms in total. The van der Waals surface area contributed by atoms with Crippen LogP contribution in [0.3, 0.4) is 0 Å². The van der Waals surface area contributed by atoms with Gasteiger partial charge in [-0.2, -0.15) is 0 Å². The number of phenols is 1. The Morgan fingerprint density at radius 2 is 2.12 bits per heavy atom. The Kier molecular flexibility index (Phi) is 4.52. The number of amides is 1. The summed E-state index contributed by atoms with van der Waals surface area (Å²) in [6.07, 6.45) is 2.75. The Labute approximate surface area is 138 Å². The maximum atomic E-state index is 11.4. The van der Waals surface area contributed by atoms with Crippen LogP contribution in [0, 0.1) is 0 Å². The zero-order valence-corrected chi connectivity index (χ0v) is 13.4. The Balaban J connectivity index is 2.19. The maximum Gasteiger partial charge on any atom is 0.262 e. The molecule has 0 spiro atoms. The van der Waals surface area contributed by atoms with E-state index >= 15 is 0 Å². The predicted octanol–water partition coefficient (Wildman–Crippen LogP) is 2.45. The fraction of sp³-hybridized carbons (Fsp3) is 0.294. The molecule has 2 aromatic heterocycles. The second-order valence-corrected chi connectivity index (χ2v) is 5.64. The number of hydroxylamine groups is 1. The number of carbonyl (C=O) groups excluding carboxylic acids is 1. The number of pyridine rings is 1. The molecule has 0 aliphatic carbocycles. The van der Waals surface area contributed by atoms with Crippen LogP contribution in [0.5, 0.6) is 5.75 Å². The number of nitrogens with zero attached hydrogens (tertiary/aromatic N) is 2. The van der Waals surface area contributed by atoms with Crippen LogP contribution in [-0.2, 0) is 11.2 Å². The Morgan fingerprint density at radius 1 is 1.29 bits per heavy atom. The van der Waals surface area contributed by atoms with Crippen molar-refractivity contribution in [3.05, 3.63) is 36.0 Å². The summed E-state index contributed by atoms with van der Waals surface area (Å²) in [6, 6.07) is 9.10. The van der Waals surface area contributed by atoms with Crippen molar-refractivity contribution in [3.8, 4) is 5.75 Å². The third-order valence-electron chi connectivity index (χ3n) is 3.97. The van der Waals surface area contributed by atoms with Crippen molar-refractivity contribution in [1.29, 1.82) is 0 Å². The molecule has 3 rings (SSSR count). The van der Waals surface area contributed by atoms with Crippen LogP contribution in [0.2, 0.25) is 0 Å². The molecule has 1 aromatic carbocycles. The highest BCUT2D eigenvalue weighted by atomic mass is 16.5. The largest absolute Gasteiger partial charge is 0.506 e. The number of anilines is 1. The number of carbonyl (C=O) groups is 1. The van der Waals surface area contributed by atoms with Crippen molar-refractivity contribution in [2.45, 2.75) is 26.2 Å². The first-order valence-corrected chi connectivity index (χ1v) is 7.94. The van der Waals surface area contributed by atoms with Gasteiger partial charge >= 0.3 is 0 Å². The monoisotopic (exact) mass is 328 g/mol. The normalized spacial score (nSPS) is 11.1. The molecule has 0 saturated carbocycles. The SMILES string of the molecule is CCCCc1nc2ccc3cccc(O)c3n2c1NCC(=O)NO. The molecule has 0 unspecified atom stereocenters. The molecule has 24 heavy (non-hydrogen) atoms. The highest BCUT2D eigenvalue weighted by molar-refractivity contribution is 5.89. The zero-order chi connectivity index (χ0) is 17.1. The quantitative estimate of drug-likeness (QED) is 0.411. The van der Waals surface area contributed by atoms with E-state index in [0.717, 1.165) is 30.3 Å². The van der Waals surface area contributed by atoms with E-state index in [1.807, 2.05) is 22.6 Å². The summed E-state index contributed by atoms with van der Waals surface area (Å²) < 4.78 is 1.82. The van der Waals surface area contributed by atoms with Gasteiger partial charge in [-0.25, -0.2) is 10.5 Å². The minimum Gasteiger partial charge on any atom is -0.506 e. The molecule has 3 aromatic rings. The number of hydrogen-bond acceptors (Lipinski definition) is 5. The summed E-state index contributed by atoms with van der Waals surface area (Å²) in [4.78, 5) is 16.0. The molecular weight excluding hydrogens is 308 g/mol. The van der Waals surface area contributed by atoms with Crippen LogP contribution < -0.4 is 10.8 Å². The lowest BCUT2D eigenvalue weighted by Crippen LogP contribution is -2.27. The first-order chi connectivity index (χ1) is 11.7. The number of aromatic hydroxyl groups is 1. The van der Waals surface area contributed by atoms with Gasteiger partial charge in [0.05, 0.1) is 17.8 Å². The lowest BCUT2D eigenvalue weighted by atomic mass is 10.2. The molecule has 126 valence electrons. The fourth-order valence-electron chi connectivity index (χ4n) is 2.82. The standard InChI is InChI=1S/C17H20N4O3/c1-2-3-6-12-17(18-10-15(23)20-24)21-14(19-12)9-8-11-5-4-7-13(22)16(11)21/h4-5,7-9,18,22,24H,2-3,6,10H2,1H3,(H,20,23). The molecule has 0 fully saturated rings. The van der Waals surface area contributed by atoms with E-state index in [1.165, 1.54) is 0 Å². The van der Waals surface area contributed by atoms with Crippen LogP contribution in [0.4, 0.5) is 5.82 Å². The summed E-state index contributed by atoms with van der Waals surface area (Å²) in [5.74, 6) is 0.261. The van der Waals surface area contributed by atoms with Gasteiger partial charge < -0.3 is 10.4 Å². The van der Waals surface area contributed by atoms with Crippen molar-refractivity contribution in [3.63, 3.8) is 0 Å². The smallest absolute Gasteiger partial charge is 0.262 e. The molecule has 0 aliphatic rings. The van der Waals surface area contributed by atoms with Gasteiger partial charge in [0.1, 0.15) is 17.2 Å². The van der Waals surface area contributed by atoms with Crippen molar-refractivity contribution in [2.24, 2.45) is 0 Å². The van der Waals surface area contributed by atoms with E-state index in [9.17, 15) is 9.90 Å². The summed E-state index contributed by atoms with van der Waals surface area (Å²) in [5.41, 5.74) is 3.77. The summed E-state index contributed by atoms with van der Waals surface area (Å²) in [5, 5.41) is 22.9. The van der Waals surface area contributed by atoms with Gasteiger partial charge in [0.15, 0.2) is 0 Å². The molecule has 4 N–H and O–H groups in total. The fourth-order valence-corrected chi connectivity index (χ4v) is 2.82. The highest BCUT2D eigenvalue weighted by Crippen LogP contribution is 2.30. The van der Waals surface area contributed by atoms with Crippen molar-refractivity contribution in [1.82, 2.24) is 14.9 Å². The van der Waals surface area contributed by atoms with Gasteiger partial charge in [-0.05, 0) is 31.0 Å². The molecule has 0 atom stereocenters. The Morgan fingerprint density at radius 3 is 2.88 bits per heavy atom. The molecule has 0 aliphatic heterocycles. The highest BCUT2D eigenvalue weighted by Gasteiger charge is 2.16. The first kappa shape index (κ1) is 16.1. The van der Waals surface area contributed by atoms with Crippen LogP contribution >= 0.6 is 0 Å². The van der Waals surface area contributed by atoms with Gasteiger partial charge in [0, 0.05) is 5.39 Å². The van der Waals surface area contributed by atoms with Crippen molar-refractivity contribution < 1.29 is 15.1 Å². The summed E-state index contributed by atoms with van der Waals surface area (Å²) in [7, 11) is 0. The third kappa shape index (κ3) is 2.85. The summed E-state index contributed by atoms with van der Waals surface area (Å²) in [6.45, 7) is 2.01. The number of aromatic nitrogens is 2. The van der Waals surface area contributed by atoms with E-state index in [0.29, 0.717) is 17.0 Å². The number of benzene rings is 1. The van der Waals surface area contributed by atoms with Crippen molar-refractivity contribution in [2.75, 3.05) is 11.9 Å². The average molecular weight is 328 g/mol. The number of para-hydroxylation sites is 1. The van der Waals surface area contributed by atoms with E-state index in [-0.39, 0.29) is 12.3 Å². The zero-order valence-electron chi connectivity index (χ0n) is 13.4. The van der Waals surface area contributed by atoms with E-state index < -0.39 is 5.91 Å². The minimum atomic E-state index is -0.546. The Hall–Kier alpha value is -2.80. The molecule has 2 heterocycles. The van der Waals surface area contributed by atoms with Crippen molar-refractivity contribution >= 4 is 28.3 Å². The van der Waals surface area contributed by atoms with Crippen LogP contribution in [0.1, 0.15) is 25.5 Å². The lowest BCUT2D eigenvalue weighted by molar-refractivity contribution is -0.127. The number of unbranched alkanes of at least 4 members (excludes halogenated alkanes) is 1. The molecule has 7 heteroatoms. The van der Waals surface area contributed by atoms with E-state index in [1.54, 1.807) is 17.6 Å². The number of fused-ring (bicyclic) bond motifs is 3. The van der Waals surface area contributed by atoms with Gasteiger partial charge in [-0.15, -0.1) is 0 Å². The van der Waals surface area contributed by atoms with E-state index in [2.05, 4.69) is 17.2 Å². The number of nitrogens with one attached hydrogen (secondary N) is 2. The van der Waals surface area contributed by atoms with Crippen LogP contribution in [0.25, 0.3) is 16.6 Å². The number of aryl methyl sites for hydroxylation is 1. The topological polar surface area (TPSA) is 98.9 Å². The molecular formula is C17H20N4O3. The number of phenolic OH excluding ortho intramolecular Hbond substituents is 1.